The van der Waals surface area contributed by atoms with E-state index in [0.29, 0.717) is 4.47 Å². The van der Waals surface area contributed by atoms with Crippen molar-refractivity contribution in [1.82, 2.24) is 0 Å². The zero-order chi connectivity index (χ0) is 14.0. The van der Waals surface area contributed by atoms with Gasteiger partial charge in [0.05, 0.1) is 10.6 Å². The second-order valence-corrected chi connectivity index (χ2v) is 6.68. The summed E-state index contributed by atoms with van der Waals surface area (Å²) < 4.78 is 27.4. The van der Waals surface area contributed by atoms with E-state index in [1.807, 2.05) is 13.0 Å². The summed E-state index contributed by atoms with van der Waals surface area (Å²) in [5, 5.41) is 9.65. The smallest absolute Gasteiger partial charge is 0.262 e. The van der Waals surface area contributed by atoms with Crippen LogP contribution in [-0.2, 0) is 10.0 Å². The fourth-order valence-electron chi connectivity index (χ4n) is 1.58. The summed E-state index contributed by atoms with van der Waals surface area (Å²) in [4.78, 5) is 0.159. The topological polar surface area (TPSA) is 66.4 Å². The lowest BCUT2D eigenvalue weighted by Crippen LogP contribution is -2.13. The van der Waals surface area contributed by atoms with E-state index >= 15 is 0 Å². The first-order valence-corrected chi connectivity index (χ1v) is 7.74. The summed E-state index contributed by atoms with van der Waals surface area (Å²) in [5.41, 5.74) is 0.984. The van der Waals surface area contributed by atoms with Gasteiger partial charge in [0.15, 0.2) is 0 Å². The minimum Gasteiger partial charge on any atom is -0.506 e. The first kappa shape index (κ1) is 13.9. The summed E-state index contributed by atoms with van der Waals surface area (Å²) in [6, 6.07) is 11.1. The number of aryl methyl sites for hydroxylation is 1. The molecule has 0 heterocycles. The van der Waals surface area contributed by atoms with Crippen molar-refractivity contribution in [3.63, 3.8) is 0 Å². The average molecular weight is 342 g/mol. The van der Waals surface area contributed by atoms with Crippen LogP contribution < -0.4 is 4.72 Å². The summed E-state index contributed by atoms with van der Waals surface area (Å²) in [5.74, 6) is -0.126. The molecular weight excluding hydrogens is 330 g/mol. The van der Waals surface area contributed by atoms with Crippen LogP contribution in [0, 0.1) is 6.92 Å². The Hall–Kier alpha value is -1.53. The molecule has 0 saturated carbocycles. The van der Waals surface area contributed by atoms with E-state index in [4.69, 9.17) is 0 Å². The molecule has 2 N–H and O–H groups in total. The van der Waals surface area contributed by atoms with Crippen LogP contribution in [0.1, 0.15) is 5.56 Å². The Labute approximate surface area is 120 Å². The number of rotatable bonds is 3. The SMILES string of the molecule is Cc1cccc(S(=O)(=O)Nc2cc(Br)ccc2O)c1. The van der Waals surface area contributed by atoms with Crippen molar-refractivity contribution in [2.75, 3.05) is 4.72 Å². The molecule has 4 nitrogen and oxygen atoms in total. The number of nitrogens with one attached hydrogen (secondary N) is 1. The molecule has 0 fully saturated rings. The van der Waals surface area contributed by atoms with E-state index in [2.05, 4.69) is 20.7 Å². The van der Waals surface area contributed by atoms with Gasteiger partial charge in [0, 0.05) is 4.47 Å². The van der Waals surface area contributed by atoms with Crippen LogP contribution in [0.3, 0.4) is 0 Å². The zero-order valence-corrected chi connectivity index (χ0v) is 12.5. The highest BCUT2D eigenvalue weighted by Crippen LogP contribution is 2.29. The van der Waals surface area contributed by atoms with Crippen LogP contribution in [-0.4, -0.2) is 13.5 Å². The number of benzene rings is 2. The van der Waals surface area contributed by atoms with Gasteiger partial charge >= 0.3 is 0 Å². The molecule has 0 unspecified atom stereocenters. The van der Waals surface area contributed by atoms with E-state index in [-0.39, 0.29) is 16.3 Å². The molecule has 19 heavy (non-hydrogen) atoms. The summed E-state index contributed by atoms with van der Waals surface area (Å²) in [6.45, 7) is 1.82. The molecule has 0 saturated heterocycles. The van der Waals surface area contributed by atoms with Gasteiger partial charge < -0.3 is 5.11 Å². The Balaban J connectivity index is 2.39. The fraction of sp³-hybridized carbons (Fsp3) is 0.0769. The molecular formula is C13H12BrNO3S. The molecule has 0 amide bonds. The van der Waals surface area contributed by atoms with Gasteiger partial charge in [-0.1, -0.05) is 28.1 Å². The van der Waals surface area contributed by atoms with Gasteiger partial charge in [0.1, 0.15) is 5.75 Å². The summed E-state index contributed by atoms with van der Waals surface area (Å²) in [6.07, 6.45) is 0. The lowest BCUT2D eigenvalue weighted by Gasteiger charge is -2.10. The Morgan fingerprint density at radius 1 is 1.16 bits per heavy atom. The van der Waals surface area contributed by atoms with E-state index in [1.165, 1.54) is 18.2 Å². The van der Waals surface area contributed by atoms with Crippen molar-refractivity contribution < 1.29 is 13.5 Å². The van der Waals surface area contributed by atoms with Crippen LogP contribution in [0.5, 0.6) is 5.75 Å². The number of phenols is 1. The first-order valence-electron chi connectivity index (χ1n) is 5.46. The largest absolute Gasteiger partial charge is 0.506 e. The fourth-order valence-corrected chi connectivity index (χ4v) is 3.11. The quantitative estimate of drug-likeness (QED) is 0.842. The third-order valence-corrected chi connectivity index (χ3v) is 4.36. The molecule has 0 aromatic heterocycles. The molecule has 0 atom stereocenters. The Morgan fingerprint density at radius 2 is 1.89 bits per heavy atom. The first-order chi connectivity index (χ1) is 8.88. The van der Waals surface area contributed by atoms with Crippen LogP contribution in [0.4, 0.5) is 5.69 Å². The zero-order valence-electron chi connectivity index (χ0n) is 10.1. The van der Waals surface area contributed by atoms with Gasteiger partial charge in [-0.15, -0.1) is 0 Å². The molecule has 0 radical (unpaired) electrons. The predicted molar refractivity (Wildman–Crippen MR) is 77.8 cm³/mol. The van der Waals surface area contributed by atoms with Crippen molar-refractivity contribution in [1.29, 1.82) is 0 Å². The van der Waals surface area contributed by atoms with Crippen molar-refractivity contribution in [2.24, 2.45) is 0 Å². The van der Waals surface area contributed by atoms with Crippen molar-refractivity contribution in [3.8, 4) is 5.75 Å². The molecule has 2 rings (SSSR count). The van der Waals surface area contributed by atoms with Gasteiger partial charge in [-0.25, -0.2) is 8.42 Å². The van der Waals surface area contributed by atoms with Crippen molar-refractivity contribution in [2.45, 2.75) is 11.8 Å². The maximum absolute atomic E-state index is 12.2. The number of phenolic OH excluding ortho intramolecular Hbond substituents is 1. The third kappa shape index (κ3) is 3.27. The van der Waals surface area contributed by atoms with Gasteiger partial charge in [-0.3, -0.25) is 4.72 Å². The molecule has 0 aliphatic rings. The van der Waals surface area contributed by atoms with E-state index in [9.17, 15) is 13.5 Å². The predicted octanol–water partition coefficient (Wildman–Crippen LogP) is 3.26. The van der Waals surface area contributed by atoms with Crippen molar-refractivity contribution in [3.05, 3.63) is 52.5 Å². The minimum atomic E-state index is -3.71. The second-order valence-electron chi connectivity index (χ2n) is 4.08. The molecule has 2 aromatic carbocycles. The maximum Gasteiger partial charge on any atom is 0.262 e. The highest BCUT2D eigenvalue weighted by molar-refractivity contribution is 9.10. The van der Waals surface area contributed by atoms with E-state index in [1.54, 1.807) is 18.2 Å². The average Bonchev–Trinajstić information content (AvgIpc) is 2.33. The Kier molecular flexibility index (Phi) is 3.82. The van der Waals surface area contributed by atoms with Gasteiger partial charge in [0.2, 0.25) is 0 Å². The number of anilines is 1. The number of hydrogen-bond acceptors (Lipinski definition) is 3. The van der Waals surface area contributed by atoms with Gasteiger partial charge in [-0.2, -0.15) is 0 Å². The lowest BCUT2D eigenvalue weighted by molar-refractivity contribution is 0.477. The maximum atomic E-state index is 12.2. The van der Waals surface area contributed by atoms with Crippen LogP contribution in [0.15, 0.2) is 51.8 Å². The number of sulfonamides is 1. The van der Waals surface area contributed by atoms with Crippen LogP contribution >= 0.6 is 15.9 Å². The normalized spacial score (nSPS) is 11.3. The summed E-state index contributed by atoms with van der Waals surface area (Å²) >= 11 is 3.23. The molecule has 0 aliphatic heterocycles. The minimum absolute atomic E-state index is 0.126. The van der Waals surface area contributed by atoms with E-state index < -0.39 is 10.0 Å². The molecule has 0 spiro atoms. The monoisotopic (exact) mass is 341 g/mol. The molecule has 6 heteroatoms. The Morgan fingerprint density at radius 3 is 2.58 bits per heavy atom. The number of hydrogen-bond donors (Lipinski definition) is 2. The standard InChI is InChI=1S/C13H12BrNO3S/c1-9-3-2-4-11(7-9)19(17,18)15-12-8-10(14)5-6-13(12)16/h2-8,15-16H,1H3. The second kappa shape index (κ2) is 5.22. The molecule has 2 aromatic rings. The molecule has 100 valence electrons. The van der Waals surface area contributed by atoms with E-state index in [0.717, 1.165) is 5.56 Å². The highest BCUT2D eigenvalue weighted by atomic mass is 79.9. The Bertz CT molecular complexity index is 714. The summed E-state index contributed by atoms with van der Waals surface area (Å²) in [7, 11) is -3.71. The van der Waals surface area contributed by atoms with Gasteiger partial charge in [0.25, 0.3) is 10.0 Å². The molecule has 0 aliphatic carbocycles. The van der Waals surface area contributed by atoms with Crippen LogP contribution in [0.2, 0.25) is 0 Å². The van der Waals surface area contributed by atoms with Crippen LogP contribution in [0.25, 0.3) is 0 Å². The van der Waals surface area contributed by atoms with Crippen molar-refractivity contribution >= 4 is 31.6 Å². The lowest BCUT2D eigenvalue weighted by atomic mass is 10.2. The molecule has 0 bridgehead atoms. The number of aromatic hydroxyl groups is 1. The number of halogens is 1. The third-order valence-electron chi connectivity index (χ3n) is 2.50. The van der Waals surface area contributed by atoms with Gasteiger partial charge in [-0.05, 0) is 42.8 Å². The highest BCUT2D eigenvalue weighted by Gasteiger charge is 2.16.